The summed E-state index contributed by atoms with van der Waals surface area (Å²) in [5, 5.41) is 3.58. The maximum Gasteiger partial charge on any atom is 0.0674 e. The summed E-state index contributed by atoms with van der Waals surface area (Å²) in [6.07, 6.45) is 4.32. The zero-order valence-corrected chi connectivity index (χ0v) is 10.0. The summed E-state index contributed by atoms with van der Waals surface area (Å²) in [5.41, 5.74) is 0. The Morgan fingerprint density at radius 3 is 3.00 bits per heavy atom. The molecule has 2 fully saturated rings. The van der Waals surface area contributed by atoms with Crippen LogP contribution < -0.4 is 5.32 Å². The van der Waals surface area contributed by atoms with Crippen LogP contribution in [0.15, 0.2) is 0 Å². The summed E-state index contributed by atoms with van der Waals surface area (Å²) < 4.78 is 5.71. The first-order valence-electron chi connectivity index (χ1n) is 6.38. The van der Waals surface area contributed by atoms with Gasteiger partial charge in [0.25, 0.3) is 0 Å². The summed E-state index contributed by atoms with van der Waals surface area (Å²) in [5.74, 6) is 0. The van der Waals surface area contributed by atoms with Crippen LogP contribution in [0.25, 0.3) is 0 Å². The van der Waals surface area contributed by atoms with Gasteiger partial charge in [-0.2, -0.15) is 0 Å². The zero-order chi connectivity index (χ0) is 10.7. The standard InChI is InChI=1S/C12H24N2O/c1-3-12-9-15-10(2)7-14(12)8-11-5-4-6-13-11/h10-13H,3-9H2,1-2H3/t10?,11-,12?/m0/s1. The Morgan fingerprint density at radius 2 is 2.33 bits per heavy atom. The third-order valence-electron chi connectivity index (χ3n) is 3.67. The van der Waals surface area contributed by atoms with Crippen LogP contribution in [0.1, 0.15) is 33.1 Å². The van der Waals surface area contributed by atoms with Crippen molar-refractivity contribution >= 4 is 0 Å². The van der Waals surface area contributed by atoms with Crippen molar-refractivity contribution in [1.82, 2.24) is 10.2 Å². The maximum absolute atomic E-state index is 5.71. The van der Waals surface area contributed by atoms with E-state index >= 15 is 0 Å². The molecule has 2 heterocycles. The third kappa shape index (κ3) is 2.92. The highest BCUT2D eigenvalue weighted by Gasteiger charge is 2.28. The Balaban J connectivity index is 1.85. The Morgan fingerprint density at radius 1 is 1.47 bits per heavy atom. The van der Waals surface area contributed by atoms with E-state index in [0.29, 0.717) is 12.1 Å². The van der Waals surface area contributed by atoms with Crippen molar-refractivity contribution in [2.24, 2.45) is 0 Å². The van der Waals surface area contributed by atoms with E-state index in [1.807, 2.05) is 0 Å². The highest BCUT2D eigenvalue weighted by molar-refractivity contribution is 4.84. The summed E-state index contributed by atoms with van der Waals surface area (Å²) >= 11 is 0. The number of nitrogens with zero attached hydrogens (tertiary/aromatic N) is 1. The van der Waals surface area contributed by atoms with Gasteiger partial charge in [-0.1, -0.05) is 6.92 Å². The smallest absolute Gasteiger partial charge is 0.0674 e. The number of nitrogens with one attached hydrogen (secondary N) is 1. The van der Waals surface area contributed by atoms with Crippen LogP contribution in [0, 0.1) is 0 Å². The number of morpholine rings is 1. The topological polar surface area (TPSA) is 24.5 Å². The molecule has 2 aliphatic heterocycles. The molecule has 3 atom stereocenters. The van der Waals surface area contributed by atoms with Gasteiger partial charge in [0, 0.05) is 25.2 Å². The number of ether oxygens (including phenoxy) is 1. The van der Waals surface area contributed by atoms with E-state index in [9.17, 15) is 0 Å². The SMILES string of the molecule is CCC1COC(C)CN1C[C@@H]1CCCN1. The molecule has 0 spiro atoms. The normalized spacial score (nSPS) is 38.4. The van der Waals surface area contributed by atoms with Gasteiger partial charge in [0.05, 0.1) is 12.7 Å². The molecule has 3 heteroatoms. The van der Waals surface area contributed by atoms with Crippen molar-refractivity contribution in [3.8, 4) is 0 Å². The van der Waals surface area contributed by atoms with Gasteiger partial charge in [0.15, 0.2) is 0 Å². The van der Waals surface area contributed by atoms with Crippen molar-refractivity contribution in [3.63, 3.8) is 0 Å². The maximum atomic E-state index is 5.71. The Hall–Kier alpha value is -0.120. The molecule has 88 valence electrons. The zero-order valence-electron chi connectivity index (χ0n) is 10.0. The lowest BCUT2D eigenvalue weighted by Crippen LogP contribution is -2.52. The fourth-order valence-electron chi connectivity index (χ4n) is 2.71. The molecule has 1 N–H and O–H groups in total. The molecule has 2 unspecified atom stereocenters. The van der Waals surface area contributed by atoms with Gasteiger partial charge in [-0.15, -0.1) is 0 Å². The summed E-state index contributed by atoms with van der Waals surface area (Å²) in [4.78, 5) is 2.62. The molecular weight excluding hydrogens is 188 g/mol. The second-order valence-corrected chi connectivity index (χ2v) is 4.95. The Bertz CT molecular complexity index is 192. The van der Waals surface area contributed by atoms with E-state index < -0.39 is 0 Å². The number of hydrogen-bond acceptors (Lipinski definition) is 3. The Labute approximate surface area is 93.2 Å². The summed E-state index contributed by atoms with van der Waals surface area (Å²) in [6, 6.07) is 1.37. The van der Waals surface area contributed by atoms with Crippen molar-refractivity contribution in [3.05, 3.63) is 0 Å². The minimum Gasteiger partial charge on any atom is -0.376 e. The molecular formula is C12H24N2O. The fourth-order valence-corrected chi connectivity index (χ4v) is 2.71. The van der Waals surface area contributed by atoms with Crippen molar-refractivity contribution in [2.45, 2.75) is 51.3 Å². The van der Waals surface area contributed by atoms with E-state index in [-0.39, 0.29) is 0 Å². The Kier molecular flexibility index (Phi) is 4.00. The summed E-state index contributed by atoms with van der Waals surface area (Å²) in [6.45, 7) is 8.90. The van der Waals surface area contributed by atoms with E-state index in [1.165, 1.54) is 32.4 Å². The van der Waals surface area contributed by atoms with Gasteiger partial charge in [0.1, 0.15) is 0 Å². The first-order valence-corrected chi connectivity index (χ1v) is 6.38. The molecule has 2 rings (SSSR count). The molecule has 2 saturated heterocycles. The van der Waals surface area contributed by atoms with E-state index in [1.54, 1.807) is 0 Å². The predicted molar refractivity (Wildman–Crippen MR) is 62.1 cm³/mol. The van der Waals surface area contributed by atoms with Crippen molar-refractivity contribution < 1.29 is 4.74 Å². The van der Waals surface area contributed by atoms with Gasteiger partial charge >= 0.3 is 0 Å². The van der Waals surface area contributed by atoms with Crippen LogP contribution in [-0.2, 0) is 4.74 Å². The van der Waals surface area contributed by atoms with Crippen LogP contribution in [-0.4, -0.2) is 49.3 Å². The van der Waals surface area contributed by atoms with Crippen LogP contribution in [0.2, 0.25) is 0 Å². The lowest BCUT2D eigenvalue weighted by Gasteiger charge is -2.39. The van der Waals surface area contributed by atoms with Gasteiger partial charge in [0.2, 0.25) is 0 Å². The molecule has 0 radical (unpaired) electrons. The molecule has 2 aliphatic rings. The largest absolute Gasteiger partial charge is 0.376 e. The minimum atomic E-state index is 0.411. The second-order valence-electron chi connectivity index (χ2n) is 4.95. The minimum absolute atomic E-state index is 0.411. The number of rotatable bonds is 3. The van der Waals surface area contributed by atoms with Crippen LogP contribution >= 0.6 is 0 Å². The first-order chi connectivity index (χ1) is 7.29. The van der Waals surface area contributed by atoms with Gasteiger partial charge in [-0.3, -0.25) is 4.90 Å². The highest BCUT2D eigenvalue weighted by atomic mass is 16.5. The molecule has 3 nitrogen and oxygen atoms in total. The van der Waals surface area contributed by atoms with Crippen LogP contribution in [0.5, 0.6) is 0 Å². The third-order valence-corrected chi connectivity index (χ3v) is 3.67. The molecule has 15 heavy (non-hydrogen) atoms. The molecule has 0 aromatic rings. The van der Waals surface area contributed by atoms with Crippen LogP contribution in [0.4, 0.5) is 0 Å². The highest BCUT2D eigenvalue weighted by Crippen LogP contribution is 2.17. The lowest BCUT2D eigenvalue weighted by molar-refractivity contribution is -0.0579. The van der Waals surface area contributed by atoms with Gasteiger partial charge < -0.3 is 10.1 Å². The van der Waals surface area contributed by atoms with E-state index in [0.717, 1.165) is 19.2 Å². The molecule has 0 saturated carbocycles. The first kappa shape index (κ1) is 11.4. The van der Waals surface area contributed by atoms with Crippen molar-refractivity contribution in [1.29, 1.82) is 0 Å². The molecule has 0 amide bonds. The van der Waals surface area contributed by atoms with Crippen LogP contribution in [0.3, 0.4) is 0 Å². The molecule has 0 aromatic carbocycles. The van der Waals surface area contributed by atoms with Gasteiger partial charge in [-0.25, -0.2) is 0 Å². The summed E-state index contributed by atoms with van der Waals surface area (Å²) in [7, 11) is 0. The predicted octanol–water partition coefficient (Wildman–Crippen LogP) is 1.24. The molecule has 0 aromatic heterocycles. The average Bonchev–Trinajstić information content (AvgIpc) is 2.71. The molecule has 0 aliphatic carbocycles. The average molecular weight is 212 g/mol. The van der Waals surface area contributed by atoms with E-state index in [2.05, 4.69) is 24.1 Å². The quantitative estimate of drug-likeness (QED) is 0.762. The molecule has 0 bridgehead atoms. The second kappa shape index (κ2) is 5.28. The monoisotopic (exact) mass is 212 g/mol. The van der Waals surface area contributed by atoms with Crippen molar-refractivity contribution in [2.75, 3.05) is 26.2 Å². The van der Waals surface area contributed by atoms with Gasteiger partial charge in [-0.05, 0) is 32.7 Å². The van der Waals surface area contributed by atoms with E-state index in [4.69, 9.17) is 4.74 Å². The fraction of sp³-hybridized carbons (Fsp3) is 1.00. The lowest BCUT2D eigenvalue weighted by atomic mass is 10.1. The number of hydrogen-bond donors (Lipinski definition) is 1.